The summed E-state index contributed by atoms with van der Waals surface area (Å²) in [6.45, 7) is 1.70. The Bertz CT molecular complexity index is 568. The molecular weight excluding hydrogens is 260 g/mol. The van der Waals surface area contributed by atoms with E-state index in [4.69, 9.17) is 5.11 Å². The zero-order valence-electron chi connectivity index (χ0n) is 11.1. The molecule has 0 spiro atoms. The van der Waals surface area contributed by atoms with Gasteiger partial charge in [0.2, 0.25) is 5.91 Å². The number of carboxylic acid groups (broad SMARTS) is 1. The van der Waals surface area contributed by atoms with E-state index in [0.29, 0.717) is 30.5 Å². The van der Waals surface area contributed by atoms with Crippen molar-refractivity contribution in [1.82, 2.24) is 5.32 Å². The highest BCUT2D eigenvalue weighted by atomic mass is 16.4. The summed E-state index contributed by atoms with van der Waals surface area (Å²) in [5.74, 6) is -1.50. The van der Waals surface area contributed by atoms with E-state index in [-0.39, 0.29) is 5.91 Å². The molecule has 6 heteroatoms. The quantitative estimate of drug-likeness (QED) is 0.769. The molecule has 2 rings (SSSR count). The molecule has 1 aromatic carbocycles. The minimum atomic E-state index is -1.05. The Kier molecular flexibility index (Phi) is 4.02. The van der Waals surface area contributed by atoms with Gasteiger partial charge in [-0.3, -0.25) is 9.59 Å². The third-order valence-corrected chi connectivity index (χ3v) is 3.27. The largest absolute Gasteiger partial charge is 0.480 e. The molecule has 1 aliphatic heterocycles. The second-order valence-corrected chi connectivity index (χ2v) is 4.69. The van der Waals surface area contributed by atoms with Crippen molar-refractivity contribution < 1.29 is 19.5 Å². The molecule has 0 aliphatic carbocycles. The van der Waals surface area contributed by atoms with Crippen LogP contribution < -0.4 is 10.6 Å². The summed E-state index contributed by atoms with van der Waals surface area (Å²) in [5.41, 5.74) is 2.00. The Morgan fingerprint density at radius 3 is 2.80 bits per heavy atom. The Morgan fingerprint density at radius 2 is 2.15 bits per heavy atom. The van der Waals surface area contributed by atoms with Crippen LogP contribution in [0.15, 0.2) is 18.2 Å². The maximum Gasteiger partial charge on any atom is 0.326 e. The fourth-order valence-corrected chi connectivity index (χ4v) is 2.10. The van der Waals surface area contributed by atoms with Crippen LogP contribution in [-0.4, -0.2) is 28.9 Å². The van der Waals surface area contributed by atoms with Gasteiger partial charge in [0.15, 0.2) is 0 Å². The molecule has 0 saturated carbocycles. The predicted molar refractivity (Wildman–Crippen MR) is 72.6 cm³/mol. The first-order valence-corrected chi connectivity index (χ1v) is 6.47. The monoisotopic (exact) mass is 276 g/mol. The Balaban J connectivity index is 2.15. The second kappa shape index (κ2) is 5.73. The molecule has 2 amide bonds. The van der Waals surface area contributed by atoms with Crippen LogP contribution in [-0.2, 0) is 16.0 Å². The van der Waals surface area contributed by atoms with Crippen molar-refractivity contribution >= 4 is 23.5 Å². The Morgan fingerprint density at radius 1 is 1.40 bits per heavy atom. The first-order chi connectivity index (χ1) is 9.51. The zero-order valence-corrected chi connectivity index (χ0v) is 11.1. The van der Waals surface area contributed by atoms with Gasteiger partial charge in [-0.15, -0.1) is 0 Å². The minimum absolute atomic E-state index is 0.0355. The number of hydrogen-bond donors (Lipinski definition) is 3. The van der Waals surface area contributed by atoms with Crippen LogP contribution in [0.25, 0.3) is 0 Å². The molecule has 0 aromatic heterocycles. The normalized spacial score (nSPS) is 14.9. The number of aryl methyl sites for hydroxylation is 1. The molecule has 1 atom stereocenters. The van der Waals surface area contributed by atoms with Crippen molar-refractivity contribution in [3.63, 3.8) is 0 Å². The van der Waals surface area contributed by atoms with Gasteiger partial charge in [-0.1, -0.05) is 6.92 Å². The van der Waals surface area contributed by atoms with E-state index in [1.54, 1.807) is 25.1 Å². The summed E-state index contributed by atoms with van der Waals surface area (Å²) in [4.78, 5) is 34.2. The molecule has 0 bridgehead atoms. The van der Waals surface area contributed by atoms with E-state index in [1.165, 1.54) is 0 Å². The summed E-state index contributed by atoms with van der Waals surface area (Å²) in [7, 11) is 0. The van der Waals surface area contributed by atoms with Gasteiger partial charge in [-0.25, -0.2) is 4.79 Å². The lowest BCUT2D eigenvalue weighted by Crippen LogP contribution is -2.40. The van der Waals surface area contributed by atoms with Crippen LogP contribution in [0, 0.1) is 0 Å². The van der Waals surface area contributed by atoms with Gasteiger partial charge < -0.3 is 15.7 Å². The van der Waals surface area contributed by atoms with E-state index >= 15 is 0 Å². The molecule has 0 unspecified atom stereocenters. The van der Waals surface area contributed by atoms with E-state index in [1.807, 2.05) is 0 Å². The molecule has 0 saturated heterocycles. The van der Waals surface area contributed by atoms with Crippen molar-refractivity contribution in [1.29, 1.82) is 0 Å². The number of carbonyl (C=O) groups is 3. The molecule has 6 nitrogen and oxygen atoms in total. The highest BCUT2D eigenvalue weighted by Crippen LogP contribution is 2.23. The standard InChI is InChI=1S/C14H16N2O4/c1-2-10(14(19)20)16-13(18)9-3-5-11-8(7-9)4-6-12(17)15-11/h3,5,7,10H,2,4,6H2,1H3,(H,15,17)(H,16,18)(H,19,20)/t10-/m1/s1. The van der Waals surface area contributed by atoms with Crippen molar-refractivity contribution in [2.45, 2.75) is 32.2 Å². The maximum absolute atomic E-state index is 12.0. The Hall–Kier alpha value is -2.37. The molecule has 1 aliphatic rings. The number of benzene rings is 1. The number of carboxylic acids is 1. The number of anilines is 1. The van der Waals surface area contributed by atoms with Crippen molar-refractivity contribution in [3.05, 3.63) is 29.3 Å². The molecule has 1 aromatic rings. The van der Waals surface area contributed by atoms with Gasteiger partial charge >= 0.3 is 5.97 Å². The summed E-state index contributed by atoms with van der Waals surface area (Å²) < 4.78 is 0. The number of aliphatic carboxylic acids is 1. The Labute approximate surface area is 116 Å². The maximum atomic E-state index is 12.0. The van der Waals surface area contributed by atoms with Crippen LogP contribution in [0.2, 0.25) is 0 Å². The minimum Gasteiger partial charge on any atom is -0.480 e. The number of nitrogens with one attached hydrogen (secondary N) is 2. The lowest BCUT2D eigenvalue weighted by molar-refractivity contribution is -0.139. The van der Waals surface area contributed by atoms with Crippen LogP contribution >= 0.6 is 0 Å². The van der Waals surface area contributed by atoms with Crippen molar-refractivity contribution in [2.24, 2.45) is 0 Å². The molecule has 1 heterocycles. The second-order valence-electron chi connectivity index (χ2n) is 4.69. The average molecular weight is 276 g/mol. The summed E-state index contributed by atoms with van der Waals surface area (Å²) in [5, 5.41) is 14.1. The molecule has 0 fully saturated rings. The van der Waals surface area contributed by atoms with E-state index in [2.05, 4.69) is 10.6 Å². The van der Waals surface area contributed by atoms with E-state index in [9.17, 15) is 14.4 Å². The first-order valence-electron chi connectivity index (χ1n) is 6.47. The zero-order chi connectivity index (χ0) is 14.7. The first kappa shape index (κ1) is 14.0. The highest BCUT2D eigenvalue weighted by molar-refractivity contribution is 5.99. The van der Waals surface area contributed by atoms with Crippen LogP contribution in [0.1, 0.15) is 35.7 Å². The lowest BCUT2D eigenvalue weighted by atomic mass is 10.00. The molecule has 3 N–H and O–H groups in total. The van der Waals surface area contributed by atoms with Crippen molar-refractivity contribution in [2.75, 3.05) is 5.32 Å². The molecule has 20 heavy (non-hydrogen) atoms. The molecular formula is C14H16N2O4. The van der Waals surface area contributed by atoms with Crippen molar-refractivity contribution in [3.8, 4) is 0 Å². The fraction of sp³-hybridized carbons (Fsp3) is 0.357. The number of carbonyl (C=O) groups excluding carboxylic acids is 2. The van der Waals surface area contributed by atoms with Gasteiger partial charge in [0.25, 0.3) is 5.91 Å². The van der Waals surface area contributed by atoms with Gasteiger partial charge in [0.05, 0.1) is 0 Å². The topological polar surface area (TPSA) is 95.5 Å². The number of hydrogen-bond acceptors (Lipinski definition) is 3. The SMILES string of the molecule is CC[C@@H](NC(=O)c1ccc2c(c1)CCC(=O)N2)C(=O)O. The van der Waals surface area contributed by atoms with Gasteiger partial charge in [-0.2, -0.15) is 0 Å². The summed E-state index contributed by atoms with van der Waals surface area (Å²) in [6, 6.07) is 4.05. The highest BCUT2D eigenvalue weighted by Gasteiger charge is 2.20. The smallest absolute Gasteiger partial charge is 0.326 e. The summed E-state index contributed by atoms with van der Waals surface area (Å²) in [6.07, 6.45) is 1.30. The average Bonchev–Trinajstić information content (AvgIpc) is 2.43. The lowest BCUT2D eigenvalue weighted by Gasteiger charge is -2.18. The number of fused-ring (bicyclic) bond motifs is 1. The number of amides is 2. The molecule has 0 radical (unpaired) electrons. The van der Waals surface area contributed by atoms with E-state index < -0.39 is 17.9 Å². The van der Waals surface area contributed by atoms with Gasteiger partial charge in [0.1, 0.15) is 6.04 Å². The fourth-order valence-electron chi connectivity index (χ4n) is 2.10. The molecule has 106 valence electrons. The third kappa shape index (κ3) is 2.96. The van der Waals surface area contributed by atoms with Crippen LogP contribution in [0.5, 0.6) is 0 Å². The van der Waals surface area contributed by atoms with Crippen LogP contribution in [0.3, 0.4) is 0 Å². The summed E-state index contributed by atoms with van der Waals surface area (Å²) >= 11 is 0. The van der Waals surface area contributed by atoms with Crippen LogP contribution in [0.4, 0.5) is 5.69 Å². The van der Waals surface area contributed by atoms with E-state index in [0.717, 1.165) is 5.56 Å². The van der Waals surface area contributed by atoms with Gasteiger partial charge in [-0.05, 0) is 36.6 Å². The van der Waals surface area contributed by atoms with Gasteiger partial charge in [0, 0.05) is 17.7 Å². The number of rotatable bonds is 4. The predicted octanol–water partition coefficient (Wildman–Crippen LogP) is 1.16. The third-order valence-electron chi connectivity index (χ3n) is 3.27.